The standard InChI is InChI=1S/C16H16ClN3O4/c1-3-24-16(22)13-10-6-7-18-15(21)14(10)20(19-13)12-5-4-9(23-2)8-11(12)17/h4-5,8H,3,6-7H2,1-2H3,(H,18,21). The molecule has 2 aromatic rings. The van der Waals surface area contributed by atoms with E-state index < -0.39 is 5.97 Å². The topological polar surface area (TPSA) is 82.4 Å². The van der Waals surface area contributed by atoms with Gasteiger partial charge >= 0.3 is 5.97 Å². The summed E-state index contributed by atoms with van der Waals surface area (Å²) in [6, 6.07) is 5.01. The fraction of sp³-hybridized carbons (Fsp3) is 0.312. The number of aromatic nitrogens is 2. The first kappa shape index (κ1) is 16.3. The van der Waals surface area contributed by atoms with Gasteiger partial charge in [-0.25, -0.2) is 9.48 Å². The van der Waals surface area contributed by atoms with Crippen molar-refractivity contribution in [2.45, 2.75) is 13.3 Å². The lowest BCUT2D eigenvalue weighted by molar-refractivity contribution is 0.0517. The van der Waals surface area contributed by atoms with Crippen molar-refractivity contribution >= 4 is 23.5 Å². The molecule has 1 aromatic heterocycles. The Bertz CT molecular complexity index is 816. The molecule has 0 aliphatic carbocycles. The van der Waals surface area contributed by atoms with E-state index >= 15 is 0 Å². The van der Waals surface area contributed by atoms with E-state index in [9.17, 15) is 9.59 Å². The second-order valence-corrected chi connectivity index (χ2v) is 5.54. The number of methoxy groups -OCH3 is 1. The van der Waals surface area contributed by atoms with Crippen molar-refractivity contribution in [1.29, 1.82) is 0 Å². The summed E-state index contributed by atoms with van der Waals surface area (Å²) >= 11 is 6.29. The molecule has 0 saturated carbocycles. The molecule has 126 valence electrons. The maximum Gasteiger partial charge on any atom is 0.359 e. The summed E-state index contributed by atoms with van der Waals surface area (Å²) in [5.74, 6) is -0.266. The molecule has 1 amide bonds. The highest BCUT2D eigenvalue weighted by Gasteiger charge is 2.31. The van der Waals surface area contributed by atoms with E-state index in [-0.39, 0.29) is 18.2 Å². The van der Waals surface area contributed by atoms with Gasteiger partial charge in [-0.1, -0.05) is 11.6 Å². The Morgan fingerprint density at radius 2 is 2.25 bits per heavy atom. The quantitative estimate of drug-likeness (QED) is 0.854. The van der Waals surface area contributed by atoms with Gasteiger partial charge in [0.1, 0.15) is 11.4 Å². The van der Waals surface area contributed by atoms with Crippen LogP contribution in [0.1, 0.15) is 33.5 Å². The number of ether oxygens (including phenoxy) is 2. The summed E-state index contributed by atoms with van der Waals surface area (Å²) in [4.78, 5) is 24.5. The Balaban J connectivity index is 2.18. The number of amides is 1. The number of hydrogen-bond acceptors (Lipinski definition) is 5. The highest BCUT2D eigenvalue weighted by atomic mass is 35.5. The molecular weight excluding hydrogens is 334 g/mol. The van der Waals surface area contributed by atoms with E-state index in [1.807, 2.05) is 0 Å². The number of carbonyl (C=O) groups is 2. The van der Waals surface area contributed by atoms with Gasteiger partial charge in [-0.2, -0.15) is 5.10 Å². The largest absolute Gasteiger partial charge is 0.497 e. The lowest BCUT2D eigenvalue weighted by Crippen LogP contribution is -2.33. The van der Waals surface area contributed by atoms with Crippen LogP contribution in [0, 0.1) is 0 Å². The minimum atomic E-state index is -0.549. The van der Waals surface area contributed by atoms with Crippen LogP contribution in [0.2, 0.25) is 5.02 Å². The number of rotatable bonds is 4. The molecule has 1 aliphatic heterocycles. The van der Waals surface area contributed by atoms with Gasteiger partial charge in [0.05, 0.1) is 24.4 Å². The van der Waals surface area contributed by atoms with Gasteiger partial charge < -0.3 is 14.8 Å². The summed E-state index contributed by atoms with van der Waals surface area (Å²) in [5.41, 5.74) is 1.51. The number of nitrogens with zero attached hydrogens (tertiary/aromatic N) is 2. The SMILES string of the molecule is CCOC(=O)c1nn(-c2ccc(OC)cc2Cl)c2c1CCNC2=O. The average molecular weight is 350 g/mol. The molecule has 0 spiro atoms. The second-order valence-electron chi connectivity index (χ2n) is 5.13. The third-order valence-corrected chi connectivity index (χ3v) is 4.01. The summed E-state index contributed by atoms with van der Waals surface area (Å²) in [6.45, 7) is 2.39. The predicted molar refractivity (Wildman–Crippen MR) is 87.1 cm³/mol. The zero-order valence-corrected chi connectivity index (χ0v) is 14.0. The zero-order chi connectivity index (χ0) is 17.3. The van der Waals surface area contributed by atoms with Crippen LogP contribution in [0.3, 0.4) is 0 Å². The van der Waals surface area contributed by atoms with Crippen LogP contribution >= 0.6 is 11.6 Å². The maximum atomic E-state index is 12.3. The van der Waals surface area contributed by atoms with Crippen molar-refractivity contribution in [1.82, 2.24) is 15.1 Å². The molecule has 0 unspecified atom stereocenters. The molecule has 0 saturated heterocycles. The lowest BCUT2D eigenvalue weighted by atomic mass is 10.1. The molecule has 0 fully saturated rings. The Labute approximate surface area is 143 Å². The number of esters is 1. The summed E-state index contributed by atoms with van der Waals surface area (Å²) in [5, 5.41) is 7.41. The Kier molecular flexibility index (Phi) is 4.44. The van der Waals surface area contributed by atoms with Crippen LogP contribution < -0.4 is 10.1 Å². The predicted octanol–water partition coefficient (Wildman–Crippen LogP) is 2.00. The Morgan fingerprint density at radius 1 is 1.46 bits per heavy atom. The number of benzene rings is 1. The van der Waals surface area contributed by atoms with Gasteiger partial charge in [-0.3, -0.25) is 4.79 Å². The first-order valence-corrected chi connectivity index (χ1v) is 7.85. The number of hydrogen-bond donors (Lipinski definition) is 1. The molecule has 7 nitrogen and oxygen atoms in total. The van der Waals surface area contributed by atoms with Crippen LogP contribution in [-0.2, 0) is 11.2 Å². The molecule has 0 bridgehead atoms. The van der Waals surface area contributed by atoms with Crippen molar-refractivity contribution in [2.75, 3.05) is 20.3 Å². The van der Waals surface area contributed by atoms with E-state index in [1.165, 1.54) is 11.8 Å². The molecule has 1 aromatic carbocycles. The first-order chi connectivity index (χ1) is 11.6. The third-order valence-electron chi connectivity index (χ3n) is 3.71. The minimum absolute atomic E-state index is 0.147. The van der Waals surface area contributed by atoms with Crippen LogP contribution in [0.5, 0.6) is 5.75 Å². The van der Waals surface area contributed by atoms with Crippen molar-refractivity contribution < 1.29 is 19.1 Å². The molecule has 0 atom stereocenters. The number of fused-ring (bicyclic) bond motifs is 1. The highest BCUT2D eigenvalue weighted by Crippen LogP contribution is 2.29. The van der Waals surface area contributed by atoms with Crippen LogP contribution in [0.25, 0.3) is 5.69 Å². The van der Waals surface area contributed by atoms with Crippen molar-refractivity contribution in [2.24, 2.45) is 0 Å². The molecular formula is C16H16ClN3O4. The molecule has 3 rings (SSSR count). The Hall–Kier alpha value is -2.54. The number of carbonyl (C=O) groups excluding carboxylic acids is 2. The summed E-state index contributed by atoms with van der Waals surface area (Å²) in [7, 11) is 1.54. The molecule has 8 heteroatoms. The van der Waals surface area contributed by atoms with E-state index in [2.05, 4.69) is 10.4 Å². The average Bonchev–Trinajstić information content (AvgIpc) is 2.96. The fourth-order valence-electron chi connectivity index (χ4n) is 2.63. The number of halogens is 1. The molecule has 24 heavy (non-hydrogen) atoms. The van der Waals surface area contributed by atoms with Crippen LogP contribution in [0.4, 0.5) is 0 Å². The van der Waals surface area contributed by atoms with Gasteiger partial charge in [0.2, 0.25) is 0 Å². The maximum absolute atomic E-state index is 12.3. The lowest BCUT2D eigenvalue weighted by Gasteiger charge is -2.15. The third kappa shape index (κ3) is 2.71. The van der Waals surface area contributed by atoms with E-state index in [4.69, 9.17) is 21.1 Å². The normalized spacial score (nSPS) is 13.2. The van der Waals surface area contributed by atoms with E-state index in [0.717, 1.165) is 0 Å². The summed E-state index contributed by atoms with van der Waals surface area (Å²) in [6.07, 6.45) is 0.503. The van der Waals surface area contributed by atoms with Crippen molar-refractivity contribution in [3.05, 3.63) is 40.2 Å². The fourth-order valence-corrected chi connectivity index (χ4v) is 2.88. The van der Waals surface area contributed by atoms with Gasteiger partial charge in [0.25, 0.3) is 5.91 Å². The molecule has 0 radical (unpaired) electrons. The number of nitrogens with one attached hydrogen (secondary N) is 1. The van der Waals surface area contributed by atoms with Gasteiger partial charge in [-0.05, 0) is 25.5 Å². The van der Waals surface area contributed by atoms with E-state index in [0.29, 0.717) is 40.7 Å². The second kappa shape index (κ2) is 6.52. The van der Waals surface area contributed by atoms with Crippen molar-refractivity contribution in [3.8, 4) is 11.4 Å². The highest BCUT2D eigenvalue weighted by molar-refractivity contribution is 6.32. The molecule has 2 heterocycles. The monoisotopic (exact) mass is 349 g/mol. The minimum Gasteiger partial charge on any atom is -0.497 e. The van der Waals surface area contributed by atoms with Gasteiger partial charge in [0.15, 0.2) is 5.69 Å². The van der Waals surface area contributed by atoms with Crippen LogP contribution in [0.15, 0.2) is 18.2 Å². The van der Waals surface area contributed by atoms with Gasteiger partial charge in [0, 0.05) is 18.2 Å². The van der Waals surface area contributed by atoms with Crippen LogP contribution in [-0.4, -0.2) is 41.9 Å². The molecule has 1 aliphatic rings. The first-order valence-electron chi connectivity index (χ1n) is 7.48. The summed E-state index contributed by atoms with van der Waals surface area (Å²) < 4.78 is 11.6. The smallest absolute Gasteiger partial charge is 0.359 e. The molecule has 1 N–H and O–H groups in total. The zero-order valence-electron chi connectivity index (χ0n) is 13.3. The van der Waals surface area contributed by atoms with Crippen molar-refractivity contribution in [3.63, 3.8) is 0 Å². The van der Waals surface area contributed by atoms with Gasteiger partial charge in [-0.15, -0.1) is 0 Å². The Morgan fingerprint density at radius 3 is 2.92 bits per heavy atom. The van der Waals surface area contributed by atoms with E-state index in [1.54, 1.807) is 25.1 Å².